The van der Waals surface area contributed by atoms with Gasteiger partial charge in [0.05, 0.1) is 10.6 Å². The Bertz CT molecular complexity index is 1040. The molecule has 0 aliphatic carbocycles. The lowest BCUT2D eigenvalue weighted by molar-refractivity contribution is -0.116. The van der Waals surface area contributed by atoms with E-state index < -0.39 is 33.3 Å². The molecule has 10 heteroatoms. The number of benzene rings is 2. The number of sulfonamides is 1. The van der Waals surface area contributed by atoms with E-state index in [-0.39, 0.29) is 22.1 Å². The first-order chi connectivity index (χ1) is 13.6. The lowest BCUT2D eigenvalue weighted by atomic mass is 10.1. The van der Waals surface area contributed by atoms with Crippen LogP contribution in [-0.4, -0.2) is 32.7 Å². The maximum absolute atomic E-state index is 12.2. The van der Waals surface area contributed by atoms with Gasteiger partial charge >= 0.3 is 5.97 Å². The van der Waals surface area contributed by atoms with E-state index in [9.17, 15) is 22.8 Å². The third-order valence-corrected chi connectivity index (χ3v) is 5.17. The van der Waals surface area contributed by atoms with Crippen molar-refractivity contribution in [2.75, 3.05) is 11.9 Å². The van der Waals surface area contributed by atoms with Crippen molar-refractivity contribution >= 4 is 45.0 Å². The van der Waals surface area contributed by atoms with E-state index in [1.165, 1.54) is 24.3 Å². The zero-order chi connectivity index (χ0) is 21.6. The van der Waals surface area contributed by atoms with Crippen molar-refractivity contribution in [3.05, 3.63) is 58.6 Å². The van der Waals surface area contributed by atoms with Crippen molar-refractivity contribution in [3.63, 3.8) is 0 Å². The van der Waals surface area contributed by atoms with E-state index in [1.807, 2.05) is 6.92 Å². The molecule has 0 spiro atoms. The number of nitrogens with one attached hydrogen (secondary N) is 1. The van der Waals surface area contributed by atoms with Gasteiger partial charge < -0.3 is 10.1 Å². The number of nitrogens with two attached hydrogens (primary N) is 1. The average molecular weight is 439 g/mol. The van der Waals surface area contributed by atoms with Crippen molar-refractivity contribution in [1.29, 1.82) is 0 Å². The van der Waals surface area contributed by atoms with E-state index in [2.05, 4.69) is 5.32 Å². The van der Waals surface area contributed by atoms with Crippen LogP contribution in [0, 0.1) is 0 Å². The summed E-state index contributed by atoms with van der Waals surface area (Å²) in [4.78, 5) is 35.4. The van der Waals surface area contributed by atoms with E-state index in [4.69, 9.17) is 21.5 Å². The first kappa shape index (κ1) is 22.5. The van der Waals surface area contributed by atoms with Crippen LogP contribution in [0.4, 0.5) is 5.69 Å². The van der Waals surface area contributed by atoms with Gasteiger partial charge in [-0.25, -0.2) is 18.4 Å². The van der Waals surface area contributed by atoms with Crippen LogP contribution in [0.15, 0.2) is 47.4 Å². The second-order valence-electron chi connectivity index (χ2n) is 6.07. The molecule has 0 saturated heterocycles. The Balaban J connectivity index is 2.00. The number of carbonyl (C=O) groups excluding carboxylic acids is 3. The number of carbonyl (C=O) groups is 3. The SMILES string of the molecule is CCCC(=O)Nc1ccc(C(=O)COC(=O)c2ccc(Cl)c(S(N)(=O)=O)c2)cc1. The fraction of sp³-hybridized carbons (Fsp3) is 0.211. The first-order valence-electron chi connectivity index (χ1n) is 8.54. The summed E-state index contributed by atoms with van der Waals surface area (Å²) in [6.07, 6.45) is 1.12. The van der Waals surface area contributed by atoms with Crippen molar-refractivity contribution in [2.24, 2.45) is 5.14 Å². The summed E-state index contributed by atoms with van der Waals surface area (Å²) in [5.74, 6) is -1.49. The molecule has 8 nitrogen and oxygen atoms in total. The van der Waals surface area contributed by atoms with Gasteiger partial charge in [0.25, 0.3) is 0 Å². The average Bonchev–Trinajstić information content (AvgIpc) is 2.66. The molecule has 0 unspecified atom stereocenters. The number of esters is 1. The summed E-state index contributed by atoms with van der Waals surface area (Å²) in [6, 6.07) is 9.58. The Hall–Kier alpha value is -2.75. The fourth-order valence-electron chi connectivity index (χ4n) is 2.34. The van der Waals surface area contributed by atoms with Gasteiger partial charge in [-0.3, -0.25) is 9.59 Å². The number of hydrogen-bond donors (Lipinski definition) is 2. The molecule has 2 aromatic carbocycles. The Morgan fingerprint density at radius 1 is 1.07 bits per heavy atom. The van der Waals surface area contributed by atoms with Gasteiger partial charge in [0.1, 0.15) is 4.90 Å². The van der Waals surface area contributed by atoms with Gasteiger partial charge in [0, 0.05) is 17.7 Å². The van der Waals surface area contributed by atoms with E-state index >= 15 is 0 Å². The molecule has 154 valence electrons. The van der Waals surface area contributed by atoms with Crippen LogP contribution in [0.5, 0.6) is 0 Å². The third-order valence-electron chi connectivity index (χ3n) is 3.78. The van der Waals surface area contributed by atoms with Crippen LogP contribution in [0.25, 0.3) is 0 Å². The Labute approximate surface area is 173 Å². The predicted octanol–water partition coefficient (Wildman–Crippen LogP) is 2.77. The molecule has 0 heterocycles. The fourth-order valence-corrected chi connectivity index (χ4v) is 3.41. The Morgan fingerprint density at radius 3 is 2.28 bits per heavy atom. The maximum Gasteiger partial charge on any atom is 0.338 e. The molecule has 0 aromatic heterocycles. The predicted molar refractivity (Wildman–Crippen MR) is 107 cm³/mol. The zero-order valence-electron chi connectivity index (χ0n) is 15.5. The largest absolute Gasteiger partial charge is 0.454 e. The summed E-state index contributed by atoms with van der Waals surface area (Å²) in [6.45, 7) is 1.34. The Morgan fingerprint density at radius 2 is 1.69 bits per heavy atom. The quantitative estimate of drug-likeness (QED) is 0.481. The lowest BCUT2D eigenvalue weighted by Gasteiger charge is -2.08. The number of halogens is 1. The highest BCUT2D eigenvalue weighted by Gasteiger charge is 2.18. The van der Waals surface area contributed by atoms with Gasteiger partial charge in [-0.1, -0.05) is 18.5 Å². The van der Waals surface area contributed by atoms with Crippen LogP contribution in [0.2, 0.25) is 5.02 Å². The molecule has 0 radical (unpaired) electrons. The molecular weight excluding hydrogens is 420 g/mol. The number of hydrogen-bond acceptors (Lipinski definition) is 6. The topological polar surface area (TPSA) is 133 Å². The van der Waals surface area contributed by atoms with Gasteiger partial charge in [-0.05, 0) is 48.9 Å². The van der Waals surface area contributed by atoms with Crippen molar-refractivity contribution in [1.82, 2.24) is 0 Å². The summed E-state index contributed by atoms with van der Waals surface area (Å²) in [7, 11) is -4.12. The molecule has 0 fully saturated rings. The highest BCUT2D eigenvalue weighted by Crippen LogP contribution is 2.22. The number of anilines is 1. The number of ether oxygens (including phenoxy) is 1. The van der Waals surface area contributed by atoms with Gasteiger partial charge in [-0.15, -0.1) is 0 Å². The summed E-state index contributed by atoms with van der Waals surface area (Å²) >= 11 is 5.76. The minimum atomic E-state index is -4.12. The molecule has 0 atom stereocenters. The molecular formula is C19H19ClN2O6S. The van der Waals surface area contributed by atoms with Crippen molar-refractivity contribution < 1.29 is 27.5 Å². The van der Waals surface area contributed by atoms with Crippen LogP contribution < -0.4 is 10.5 Å². The van der Waals surface area contributed by atoms with Crippen LogP contribution in [-0.2, 0) is 19.6 Å². The molecule has 0 aliphatic rings. The smallest absolute Gasteiger partial charge is 0.338 e. The molecule has 29 heavy (non-hydrogen) atoms. The van der Waals surface area contributed by atoms with Crippen LogP contribution in [0.3, 0.4) is 0 Å². The van der Waals surface area contributed by atoms with E-state index in [0.29, 0.717) is 12.1 Å². The minimum absolute atomic E-state index is 0.111. The summed E-state index contributed by atoms with van der Waals surface area (Å²) < 4.78 is 27.9. The standard InChI is InChI=1S/C19H19ClN2O6S/c1-2-3-18(24)22-14-7-4-12(5-8-14)16(23)11-28-19(25)13-6-9-15(20)17(10-13)29(21,26)27/h4-10H,2-3,11H2,1H3,(H,22,24)(H2,21,26,27). The van der Waals surface area contributed by atoms with Crippen LogP contribution in [0.1, 0.15) is 40.5 Å². The lowest BCUT2D eigenvalue weighted by Crippen LogP contribution is -2.16. The second kappa shape index (κ2) is 9.64. The monoisotopic (exact) mass is 438 g/mol. The summed E-state index contributed by atoms with van der Waals surface area (Å²) in [5.41, 5.74) is 0.724. The highest BCUT2D eigenvalue weighted by molar-refractivity contribution is 7.89. The number of ketones is 1. The molecule has 1 amide bonds. The number of rotatable bonds is 8. The van der Waals surface area contributed by atoms with Gasteiger partial charge in [0.15, 0.2) is 12.4 Å². The van der Waals surface area contributed by atoms with E-state index in [1.54, 1.807) is 12.1 Å². The number of amides is 1. The second-order valence-corrected chi connectivity index (χ2v) is 8.00. The maximum atomic E-state index is 12.2. The molecule has 0 aliphatic heterocycles. The highest BCUT2D eigenvalue weighted by atomic mass is 35.5. The van der Waals surface area contributed by atoms with E-state index in [0.717, 1.165) is 12.5 Å². The molecule has 3 N–H and O–H groups in total. The molecule has 2 rings (SSSR count). The Kier molecular flexibility index (Phi) is 7.49. The number of Topliss-reactive ketones (excluding diaryl/α,β-unsaturated/α-hetero) is 1. The number of primary sulfonamides is 1. The van der Waals surface area contributed by atoms with Gasteiger partial charge in [0.2, 0.25) is 15.9 Å². The third kappa shape index (κ3) is 6.38. The van der Waals surface area contributed by atoms with Crippen LogP contribution >= 0.6 is 11.6 Å². The minimum Gasteiger partial charge on any atom is -0.454 e. The first-order valence-corrected chi connectivity index (χ1v) is 10.5. The molecule has 0 bridgehead atoms. The van der Waals surface area contributed by atoms with Crippen molar-refractivity contribution in [2.45, 2.75) is 24.7 Å². The molecule has 0 saturated carbocycles. The van der Waals surface area contributed by atoms with Gasteiger partial charge in [-0.2, -0.15) is 0 Å². The zero-order valence-corrected chi connectivity index (χ0v) is 17.0. The summed E-state index contributed by atoms with van der Waals surface area (Å²) in [5, 5.41) is 7.60. The molecule has 2 aromatic rings. The van der Waals surface area contributed by atoms with Crippen molar-refractivity contribution in [3.8, 4) is 0 Å². The normalized spacial score (nSPS) is 11.0.